The molecule has 0 aliphatic heterocycles. The summed E-state index contributed by atoms with van der Waals surface area (Å²) >= 11 is 0. The third-order valence-corrected chi connectivity index (χ3v) is 8.83. The molecule has 0 aliphatic carbocycles. The minimum atomic E-state index is -0.733. The second-order valence-electron chi connectivity index (χ2n) is 11.5. The van der Waals surface area contributed by atoms with Crippen LogP contribution in [0.1, 0.15) is 23.3 Å². The summed E-state index contributed by atoms with van der Waals surface area (Å²) in [4.78, 5) is 0. The van der Waals surface area contributed by atoms with Gasteiger partial charge >= 0.3 is 0 Å². The summed E-state index contributed by atoms with van der Waals surface area (Å²) in [6.45, 7) is 0. The van der Waals surface area contributed by atoms with Gasteiger partial charge < -0.3 is 4.42 Å². The number of benzene rings is 9. The molecule has 0 bridgehead atoms. The zero-order valence-electron chi connectivity index (χ0n) is 42.4. The Labute approximate surface area is 308 Å². The van der Waals surface area contributed by atoms with E-state index in [1.54, 1.807) is 48.5 Å². The van der Waals surface area contributed by atoms with Gasteiger partial charge in [-0.15, -0.1) is 0 Å². The van der Waals surface area contributed by atoms with E-state index in [2.05, 4.69) is 0 Å². The van der Waals surface area contributed by atoms with Crippen LogP contribution in [0.25, 0.3) is 98.8 Å². The third kappa shape index (κ3) is 4.33. The fourth-order valence-electron chi connectivity index (χ4n) is 6.74. The van der Waals surface area contributed by atoms with Crippen molar-refractivity contribution in [2.75, 3.05) is 0 Å². The van der Waals surface area contributed by atoms with Crippen molar-refractivity contribution >= 4 is 54.1 Å². The molecule has 9 aromatic carbocycles. The fraction of sp³-hybridized carbons (Fsp3) is 0. The first-order chi connectivity index (χ1) is 31.4. The van der Waals surface area contributed by atoms with Crippen molar-refractivity contribution in [2.45, 2.75) is 0 Å². The van der Waals surface area contributed by atoms with Gasteiger partial charge in [0.05, 0.1) is 23.3 Å². The summed E-state index contributed by atoms with van der Waals surface area (Å²) in [7, 11) is 0. The molecule has 0 unspecified atom stereocenters. The molecule has 1 heterocycles. The Morgan fingerprint density at radius 2 is 0.918 bits per heavy atom. The highest BCUT2D eigenvalue weighted by atomic mass is 16.3. The lowest BCUT2D eigenvalue weighted by Gasteiger charge is -2.18. The van der Waals surface area contributed by atoms with E-state index < -0.39 is 108 Å². The first kappa shape index (κ1) is 15.6. The van der Waals surface area contributed by atoms with Crippen LogP contribution in [0, 0.1) is 0 Å². The molecular formula is C48H30O. The van der Waals surface area contributed by atoms with Gasteiger partial charge in [-0.3, -0.25) is 0 Å². The van der Waals surface area contributed by atoms with Crippen LogP contribution in [0.4, 0.5) is 0 Å². The predicted octanol–water partition coefficient (Wildman–Crippen LogP) is 13.7. The second-order valence-corrected chi connectivity index (χ2v) is 11.5. The number of rotatable bonds is 4. The Morgan fingerprint density at radius 3 is 1.57 bits per heavy atom. The van der Waals surface area contributed by atoms with Crippen molar-refractivity contribution < 1.29 is 27.7 Å². The summed E-state index contributed by atoms with van der Waals surface area (Å²) in [5, 5.41) is -1.82. The van der Waals surface area contributed by atoms with Crippen LogP contribution in [-0.4, -0.2) is 0 Å². The van der Waals surface area contributed by atoms with Gasteiger partial charge in [-0.05, 0) is 83.5 Å². The van der Waals surface area contributed by atoms with E-state index in [-0.39, 0.29) is 76.7 Å². The first-order valence-corrected chi connectivity index (χ1v) is 15.5. The average molecular weight is 640 g/mol. The summed E-state index contributed by atoms with van der Waals surface area (Å²) in [5.74, 6) is -0.334. The maximum atomic E-state index is 9.91. The van der Waals surface area contributed by atoms with Gasteiger partial charge in [0, 0.05) is 22.1 Å². The maximum Gasteiger partial charge on any atom is 0.143 e. The molecule has 49 heavy (non-hydrogen) atoms. The van der Waals surface area contributed by atoms with E-state index in [1.165, 1.54) is 0 Å². The Hall–Kier alpha value is -6.44. The highest BCUT2D eigenvalue weighted by Gasteiger charge is 2.25. The van der Waals surface area contributed by atoms with Crippen molar-refractivity contribution in [2.24, 2.45) is 0 Å². The van der Waals surface area contributed by atoms with Crippen molar-refractivity contribution in [3.63, 3.8) is 0 Å². The van der Waals surface area contributed by atoms with Crippen molar-refractivity contribution in [1.82, 2.24) is 0 Å². The SMILES string of the molecule is [2H]c1c([2H])c([2H])c2c(-c3c(-c4c([2H])c5c([2H])c([2H])c([2H])c([2H])c5c5c([2H])c([2H])c([2H])c([2H])c45)oc4ccc(-c5ccccc5)cc34)c3c([2H])c([2H])c([2H])c([2H])c3c(-c3ccccc3)c2c1[2H]. The van der Waals surface area contributed by atoms with Gasteiger partial charge in [-0.25, -0.2) is 0 Å². The minimum absolute atomic E-state index is 0.0742. The molecule has 228 valence electrons. The molecular weight excluding hydrogens is 593 g/mol. The Morgan fingerprint density at radius 1 is 0.388 bits per heavy atom. The van der Waals surface area contributed by atoms with Crippen molar-refractivity contribution in [3.8, 4) is 44.7 Å². The van der Waals surface area contributed by atoms with Crippen LogP contribution < -0.4 is 0 Å². The molecule has 0 spiro atoms. The summed E-state index contributed by atoms with van der Waals surface area (Å²) in [6.07, 6.45) is 0. The van der Waals surface area contributed by atoms with Crippen molar-refractivity contribution in [1.29, 1.82) is 0 Å². The van der Waals surface area contributed by atoms with Gasteiger partial charge in [0.15, 0.2) is 0 Å². The predicted molar refractivity (Wildman–Crippen MR) is 208 cm³/mol. The average Bonchev–Trinajstić information content (AvgIpc) is 3.70. The Bertz CT molecular complexity index is 3750. The van der Waals surface area contributed by atoms with Gasteiger partial charge in [0.2, 0.25) is 0 Å². The molecule has 1 heteroatoms. The number of hydrogen-bond donors (Lipinski definition) is 0. The van der Waals surface area contributed by atoms with Gasteiger partial charge in [-0.1, -0.05) is 163 Å². The number of furan rings is 1. The van der Waals surface area contributed by atoms with E-state index in [9.17, 15) is 9.60 Å². The van der Waals surface area contributed by atoms with Gasteiger partial charge in [0.25, 0.3) is 0 Å². The number of hydrogen-bond acceptors (Lipinski definition) is 1. The molecule has 0 saturated carbocycles. The topological polar surface area (TPSA) is 13.1 Å². The van der Waals surface area contributed by atoms with Crippen LogP contribution in [0.5, 0.6) is 0 Å². The van der Waals surface area contributed by atoms with E-state index in [4.69, 9.17) is 18.1 Å². The molecule has 10 aromatic rings. The molecule has 0 aliphatic rings. The van der Waals surface area contributed by atoms with Crippen LogP contribution in [-0.2, 0) is 0 Å². The lowest BCUT2D eigenvalue weighted by molar-refractivity contribution is 0.633. The van der Waals surface area contributed by atoms with E-state index in [0.717, 1.165) is 5.56 Å². The summed E-state index contributed by atoms with van der Waals surface area (Å²) in [6, 6.07) is 11.6. The van der Waals surface area contributed by atoms with E-state index in [1.807, 2.05) is 30.3 Å². The van der Waals surface area contributed by atoms with Crippen LogP contribution in [0.3, 0.4) is 0 Å². The fourth-order valence-corrected chi connectivity index (χ4v) is 6.74. The maximum absolute atomic E-state index is 9.91. The summed E-state index contributed by atoms with van der Waals surface area (Å²) in [5.41, 5.74) is 1.29. The highest BCUT2D eigenvalue weighted by molar-refractivity contribution is 6.26. The van der Waals surface area contributed by atoms with Crippen molar-refractivity contribution in [3.05, 3.63) is 182 Å². The van der Waals surface area contributed by atoms with Crippen LogP contribution in [0.15, 0.2) is 186 Å². The van der Waals surface area contributed by atoms with Crippen LogP contribution >= 0.6 is 0 Å². The lowest BCUT2D eigenvalue weighted by Crippen LogP contribution is -1.92. The molecule has 0 amide bonds. The Balaban J connectivity index is 1.58. The Kier molecular flexibility index (Phi) is 3.54. The molecule has 0 saturated heterocycles. The zero-order valence-corrected chi connectivity index (χ0v) is 25.4. The largest absolute Gasteiger partial charge is 0.455 e. The summed E-state index contributed by atoms with van der Waals surface area (Å²) < 4.78 is 162. The second kappa shape index (κ2) is 11.1. The molecule has 1 nitrogen and oxygen atoms in total. The monoisotopic (exact) mass is 639 g/mol. The minimum Gasteiger partial charge on any atom is -0.455 e. The lowest BCUT2D eigenvalue weighted by atomic mass is 9.84. The van der Waals surface area contributed by atoms with Gasteiger partial charge in [0.1, 0.15) is 11.3 Å². The number of fused-ring (bicyclic) bond motifs is 6. The molecule has 0 fully saturated rings. The molecule has 10 rings (SSSR count). The molecule has 0 N–H and O–H groups in total. The molecule has 0 atom stereocenters. The third-order valence-electron chi connectivity index (χ3n) is 8.83. The highest BCUT2D eigenvalue weighted by Crippen LogP contribution is 2.51. The normalized spacial score (nSPS) is 16.5. The van der Waals surface area contributed by atoms with Gasteiger partial charge in [-0.2, -0.15) is 0 Å². The quantitative estimate of drug-likeness (QED) is 0.138. The molecule has 1 aromatic heterocycles. The molecule has 0 radical (unpaired) electrons. The van der Waals surface area contributed by atoms with E-state index >= 15 is 0 Å². The first-order valence-electron chi connectivity index (χ1n) is 24.0. The van der Waals surface area contributed by atoms with E-state index in [0.29, 0.717) is 11.1 Å². The van der Waals surface area contributed by atoms with Crippen LogP contribution in [0.2, 0.25) is 0 Å². The standard InChI is InChI=1S/C48H30O/c1-3-15-31(16-4-1)33-27-28-44-43(29-33)47(48(49-44)42-30-34-19-7-8-20-35(34)36-21-9-10-22-37(36)42)46-40-25-13-11-23-38(40)45(32-17-5-2-6-18-32)39-24-12-14-26-41(39)46/h1-30H/i7D,8D,9D,10D,11D,12D,13D,14D,19D,20D,21D,22D,23D,24D,25D,26D,30D. The zero-order chi connectivity index (χ0) is 47.1. The smallest absolute Gasteiger partial charge is 0.143 e.